The third-order valence-corrected chi connectivity index (χ3v) is 6.13. The molecule has 0 saturated heterocycles. The molecule has 5 rings (SSSR count). The molecule has 5 aromatic rings. The Hall–Kier alpha value is -4.54. The number of aryl methyl sites for hydroxylation is 1. The molecule has 0 fully saturated rings. The number of para-hydroxylation sites is 1. The van der Waals surface area contributed by atoms with E-state index in [9.17, 15) is 9.59 Å². The number of carbonyl (C=O) groups excluding carboxylic acids is 2. The molecule has 0 saturated carbocycles. The topological polar surface area (TPSA) is 120 Å². The van der Waals surface area contributed by atoms with Crippen LogP contribution in [-0.2, 0) is 13.6 Å². The molecule has 38 heavy (non-hydrogen) atoms. The van der Waals surface area contributed by atoms with Crippen LogP contribution in [0.5, 0.6) is 0 Å². The highest BCUT2D eigenvalue weighted by Gasteiger charge is 2.21. The predicted octanol–water partition coefficient (Wildman–Crippen LogP) is 4.55. The molecule has 0 unspecified atom stereocenters. The zero-order valence-electron chi connectivity index (χ0n) is 20.0. The Bertz CT molecular complexity index is 1620. The van der Waals surface area contributed by atoms with Crippen molar-refractivity contribution in [2.75, 3.05) is 5.32 Å². The number of nitrogens with zero attached hydrogens (tertiary/aromatic N) is 6. The first-order valence-electron chi connectivity index (χ1n) is 11.4. The van der Waals surface area contributed by atoms with Gasteiger partial charge in [-0.1, -0.05) is 52.7 Å². The lowest BCUT2D eigenvalue weighted by Gasteiger charge is -2.12. The van der Waals surface area contributed by atoms with Gasteiger partial charge < -0.3 is 10.6 Å². The fourth-order valence-electron chi connectivity index (χ4n) is 3.71. The first-order chi connectivity index (χ1) is 18.4. The van der Waals surface area contributed by atoms with Crippen LogP contribution in [0.2, 0.25) is 10.0 Å². The molecule has 0 aliphatic carbocycles. The van der Waals surface area contributed by atoms with Crippen molar-refractivity contribution in [2.24, 2.45) is 7.05 Å². The Kier molecular flexibility index (Phi) is 7.16. The number of nitrogens with one attached hydrogen (secondary N) is 2. The van der Waals surface area contributed by atoms with E-state index in [4.69, 9.17) is 23.2 Å². The SMILES string of the molecule is Cn1cc(CNC(=O)c2cc(NC(=O)c3cc(-c4ccccn4)c(Cl)cc3Cl)n(-c3ccccc3)n2)nn1. The second-order valence-corrected chi connectivity index (χ2v) is 9.02. The first-order valence-corrected chi connectivity index (χ1v) is 12.2. The Morgan fingerprint density at radius 1 is 0.947 bits per heavy atom. The lowest BCUT2D eigenvalue weighted by molar-refractivity contribution is 0.0944. The number of rotatable bonds is 7. The molecular weight excluding hydrogens is 527 g/mol. The quantitative estimate of drug-likeness (QED) is 0.309. The molecule has 0 bridgehead atoms. The van der Waals surface area contributed by atoms with Gasteiger partial charge in [0.1, 0.15) is 11.5 Å². The Labute approximate surface area is 227 Å². The van der Waals surface area contributed by atoms with Gasteiger partial charge in [0.2, 0.25) is 0 Å². The molecule has 0 radical (unpaired) electrons. The van der Waals surface area contributed by atoms with Crippen molar-refractivity contribution in [3.63, 3.8) is 0 Å². The summed E-state index contributed by atoms with van der Waals surface area (Å²) in [6.07, 6.45) is 3.33. The molecule has 10 nitrogen and oxygen atoms in total. The first kappa shape index (κ1) is 25.1. The van der Waals surface area contributed by atoms with Gasteiger partial charge in [0.15, 0.2) is 5.69 Å². The number of aromatic nitrogens is 6. The summed E-state index contributed by atoms with van der Waals surface area (Å²) in [5.74, 6) is -0.675. The fourth-order valence-corrected chi connectivity index (χ4v) is 4.28. The number of amides is 2. The highest BCUT2D eigenvalue weighted by molar-refractivity contribution is 6.38. The lowest BCUT2D eigenvalue weighted by Crippen LogP contribution is -2.23. The Balaban J connectivity index is 1.45. The van der Waals surface area contributed by atoms with Gasteiger partial charge >= 0.3 is 0 Å². The summed E-state index contributed by atoms with van der Waals surface area (Å²) in [5.41, 5.74) is 2.68. The fraction of sp³-hybridized carbons (Fsp3) is 0.0769. The summed E-state index contributed by atoms with van der Waals surface area (Å²) in [6, 6.07) is 19.1. The standard InChI is InChI=1S/C26H20Cl2N8O2/c1-35-15-16(32-34-35)14-30-26(38)23-13-24(36(33-23)17-7-3-2-4-8-17)31-25(37)19-11-18(20(27)12-21(19)28)22-9-5-6-10-29-22/h2-13,15H,14H2,1H3,(H,30,38)(H,31,37). The van der Waals surface area contributed by atoms with Gasteiger partial charge in [-0.05, 0) is 36.4 Å². The van der Waals surface area contributed by atoms with Gasteiger partial charge in [0.05, 0.1) is 33.5 Å². The molecule has 3 heterocycles. The molecule has 12 heteroatoms. The minimum atomic E-state index is -0.507. The van der Waals surface area contributed by atoms with Gasteiger partial charge in [0, 0.05) is 31.1 Å². The number of benzene rings is 2. The van der Waals surface area contributed by atoms with E-state index < -0.39 is 11.8 Å². The van der Waals surface area contributed by atoms with Crippen LogP contribution in [0.1, 0.15) is 26.5 Å². The normalized spacial score (nSPS) is 10.8. The molecule has 2 N–H and O–H groups in total. The molecule has 0 atom stereocenters. The zero-order valence-corrected chi connectivity index (χ0v) is 21.5. The van der Waals surface area contributed by atoms with Crippen LogP contribution in [0.25, 0.3) is 16.9 Å². The predicted molar refractivity (Wildman–Crippen MR) is 143 cm³/mol. The van der Waals surface area contributed by atoms with Gasteiger partial charge in [-0.3, -0.25) is 19.3 Å². The summed E-state index contributed by atoms with van der Waals surface area (Å²) >= 11 is 12.8. The van der Waals surface area contributed by atoms with E-state index >= 15 is 0 Å². The molecule has 0 aliphatic heterocycles. The van der Waals surface area contributed by atoms with Crippen molar-refractivity contribution < 1.29 is 9.59 Å². The van der Waals surface area contributed by atoms with Crippen LogP contribution in [0.15, 0.2) is 79.1 Å². The molecule has 0 aliphatic rings. The van der Waals surface area contributed by atoms with E-state index in [0.717, 1.165) is 0 Å². The molecule has 2 aromatic carbocycles. The second kappa shape index (κ2) is 10.8. The van der Waals surface area contributed by atoms with E-state index in [2.05, 4.69) is 31.0 Å². The largest absolute Gasteiger partial charge is 0.345 e. The summed E-state index contributed by atoms with van der Waals surface area (Å²) in [6.45, 7) is 0.170. The highest BCUT2D eigenvalue weighted by atomic mass is 35.5. The van der Waals surface area contributed by atoms with Crippen molar-refractivity contribution in [1.29, 1.82) is 0 Å². The number of halogens is 2. The number of hydrogen-bond acceptors (Lipinski definition) is 6. The van der Waals surface area contributed by atoms with Gasteiger partial charge in [-0.2, -0.15) is 5.10 Å². The number of hydrogen-bond donors (Lipinski definition) is 2. The van der Waals surface area contributed by atoms with Gasteiger partial charge in [0.25, 0.3) is 11.8 Å². The number of carbonyl (C=O) groups is 2. The maximum Gasteiger partial charge on any atom is 0.272 e. The average Bonchev–Trinajstić information content (AvgIpc) is 3.54. The van der Waals surface area contributed by atoms with E-state index in [0.29, 0.717) is 27.7 Å². The Morgan fingerprint density at radius 2 is 1.74 bits per heavy atom. The van der Waals surface area contributed by atoms with Crippen molar-refractivity contribution in [2.45, 2.75) is 6.54 Å². The van der Waals surface area contributed by atoms with Crippen LogP contribution in [0, 0.1) is 0 Å². The van der Waals surface area contributed by atoms with Crippen molar-refractivity contribution >= 4 is 40.8 Å². The minimum absolute atomic E-state index is 0.101. The third kappa shape index (κ3) is 5.41. The van der Waals surface area contributed by atoms with Crippen LogP contribution in [0.4, 0.5) is 5.82 Å². The summed E-state index contributed by atoms with van der Waals surface area (Å²) in [4.78, 5) is 30.6. The summed E-state index contributed by atoms with van der Waals surface area (Å²) in [5, 5.41) is 18.4. The van der Waals surface area contributed by atoms with Gasteiger partial charge in [-0.25, -0.2) is 4.68 Å². The monoisotopic (exact) mass is 546 g/mol. The van der Waals surface area contributed by atoms with Crippen molar-refractivity contribution in [1.82, 2.24) is 35.1 Å². The average molecular weight is 547 g/mol. The smallest absolute Gasteiger partial charge is 0.272 e. The van der Waals surface area contributed by atoms with Crippen LogP contribution >= 0.6 is 23.2 Å². The number of anilines is 1. The van der Waals surface area contributed by atoms with E-state index in [1.54, 1.807) is 54.5 Å². The van der Waals surface area contributed by atoms with E-state index in [1.807, 2.05) is 24.3 Å². The van der Waals surface area contributed by atoms with Crippen LogP contribution in [-0.4, -0.2) is 41.6 Å². The third-order valence-electron chi connectivity index (χ3n) is 5.51. The zero-order chi connectivity index (χ0) is 26.6. The maximum atomic E-state index is 13.4. The van der Waals surface area contributed by atoms with E-state index in [-0.39, 0.29) is 28.6 Å². The summed E-state index contributed by atoms with van der Waals surface area (Å²) < 4.78 is 3.01. The Morgan fingerprint density at radius 3 is 2.45 bits per heavy atom. The molecule has 190 valence electrons. The van der Waals surface area contributed by atoms with Crippen molar-refractivity contribution in [3.05, 3.63) is 106 Å². The highest BCUT2D eigenvalue weighted by Crippen LogP contribution is 2.32. The molecule has 3 aromatic heterocycles. The molecular formula is C26H20Cl2N8O2. The second-order valence-electron chi connectivity index (χ2n) is 8.21. The van der Waals surface area contributed by atoms with E-state index in [1.165, 1.54) is 16.8 Å². The maximum absolute atomic E-state index is 13.4. The molecule has 2 amide bonds. The molecule has 0 spiro atoms. The van der Waals surface area contributed by atoms with Gasteiger partial charge in [-0.15, -0.1) is 5.10 Å². The van der Waals surface area contributed by atoms with Crippen LogP contribution < -0.4 is 10.6 Å². The summed E-state index contributed by atoms with van der Waals surface area (Å²) in [7, 11) is 1.74. The lowest BCUT2D eigenvalue weighted by atomic mass is 10.1. The number of pyridine rings is 1. The van der Waals surface area contributed by atoms with Crippen LogP contribution in [0.3, 0.4) is 0 Å². The minimum Gasteiger partial charge on any atom is -0.345 e. The van der Waals surface area contributed by atoms with Crippen molar-refractivity contribution in [3.8, 4) is 16.9 Å².